The molecule has 0 unspecified atom stereocenters. The molecule has 1 fully saturated rings. The molecule has 27 heavy (non-hydrogen) atoms. The fourth-order valence-electron chi connectivity index (χ4n) is 3.30. The van der Waals surface area contributed by atoms with E-state index in [1.165, 1.54) is 0 Å². The Morgan fingerprint density at radius 1 is 1.22 bits per heavy atom. The van der Waals surface area contributed by atoms with Gasteiger partial charge in [-0.3, -0.25) is 9.78 Å². The smallest absolute Gasteiger partial charge is 0.254 e. The first-order valence-corrected chi connectivity index (χ1v) is 8.89. The highest BCUT2D eigenvalue weighted by atomic mass is 16.5. The van der Waals surface area contributed by atoms with Crippen LogP contribution in [0.3, 0.4) is 0 Å². The molecule has 1 atom stereocenters. The molecular formula is C19H20N6O2. The maximum atomic E-state index is 12.9. The molecule has 0 bridgehead atoms. The van der Waals surface area contributed by atoms with Crippen LogP contribution in [0.5, 0.6) is 5.75 Å². The Morgan fingerprint density at radius 3 is 2.81 bits per heavy atom. The zero-order valence-corrected chi connectivity index (χ0v) is 15.0. The number of ether oxygens (including phenoxy) is 1. The van der Waals surface area contributed by atoms with Gasteiger partial charge in [-0.05, 0) is 54.5 Å². The van der Waals surface area contributed by atoms with Crippen molar-refractivity contribution in [2.45, 2.75) is 25.4 Å². The number of pyridine rings is 1. The number of aromatic nitrogens is 5. The van der Waals surface area contributed by atoms with E-state index in [0.717, 1.165) is 25.1 Å². The summed E-state index contributed by atoms with van der Waals surface area (Å²) in [6.07, 6.45) is 3.58. The number of likely N-dealkylation sites (tertiary alicyclic amines) is 1. The highest BCUT2D eigenvalue weighted by Crippen LogP contribution is 2.22. The Labute approximate surface area is 156 Å². The van der Waals surface area contributed by atoms with Gasteiger partial charge < -0.3 is 9.64 Å². The second kappa shape index (κ2) is 7.53. The molecule has 1 aliphatic heterocycles. The molecular weight excluding hydrogens is 344 g/mol. The summed E-state index contributed by atoms with van der Waals surface area (Å²) < 4.78 is 5.16. The van der Waals surface area contributed by atoms with Gasteiger partial charge in [0, 0.05) is 18.3 Å². The molecule has 3 heterocycles. The third kappa shape index (κ3) is 3.64. The molecule has 2 aromatic heterocycles. The van der Waals surface area contributed by atoms with Crippen LogP contribution in [0.15, 0.2) is 48.7 Å². The van der Waals surface area contributed by atoms with E-state index in [-0.39, 0.29) is 11.9 Å². The van der Waals surface area contributed by atoms with Crippen molar-refractivity contribution in [3.05, 3.63) is 54.2 Å². The maximum absolute atomic E-state index is 12.9. The lowest BCUT2D eigenvalue weighted by atomic mass is 10.1. The van der Waals surface area contributed by atoms with Gasteiger partial charge >= 0.3 is 0 Å². The van der Waals surface area contributed by atoms with Gasteiger partial charge in [-0.15, -0.1) is 10.2 Å². The Hall–Kier alpha value is -3.29. The standard InChI is InChI=1S/C19H20N6O2/c1-27-16-9-7-14(8-10-16)19(26)24-12-4-5-15(24)13-25-22-18(21-23-25)17-6-2-3-11-20-17/h2-3,6-11,15H,4-5,12-13H2,1H3/t15-/m1/s1. The summed E-state index contributed by atoms with van der Waals surface area (Å²) in [5.41, 5.74) is 1.34. The predicted molar refractivity (Wildman–Crippen MR) is 98.1 cm³/mol. The molecule has 138 valence electrons. The van der Waals surface area contributed by atoms with Crippen LogP contribution in [0.4, 0.5) is 0 Å². The number of rotatable bonds is 5. The molecule has 8 nitrogen and oxygen atoms in total. The van der Waals surface area contributed by atoms with Crippen LogP contribution >= 0.6 is 0 Å². The lowest BCUT2D eigenvalue weighted by Crippen LogP contribution is -2.38. The van der Waals surface area contributed by atoms with Gasteiger partial charge in [0.25, 0.3) is 5.91 Å². The maximum Gasteiger partial charge on any atom is 0.254 e. The molecule has 0 radical (unpaired) electrons. The van der Waals surface area contributed by atoms with Crippen LogP contribution in [0.25, 0.3) is 11.5 Å². The largest absolute Gasteiger partial charge is 0.497 e. The van der Waals surface area contributed by atoms with Crippen molar-refractivity contribution in [3.63, 3.8) is 0 Å². The van der Waals surface area contributed by atoms with Gasteiger partial charge in [-0.25, -0.2) is 0 Å². The SMILES string of the molecule is COc1ccc(C(=O)N2CCC[C@@H]2Cn2nnc(-c3ccccn3)n2)cc1. The topological polar surface area (TPSA) is 86.0 Å². The second-order valence-electron chi connectivity index (χ2n) is 6.41. The van der Waals surface area contributed by atoms with Crippen molar-refractivity contribution in [1.29, 1.82) is 0 Å². The third-order valence-corrected chi connectivity index (χ3v) is 4.70. The van der Waals surface area contributed by atoms with Crippen LogP contribution in [-0.4, -0.2) is 55.7 Å². The van der Waals surface area contributed by atoms with Crippen molar-refractivity contribution in [2.24, 2.45) is 0 Å². The van der Waals surface area contributed by atoms with Crippen molar-refractivity contribution < 1.29 is 9.53 Å². The molecule has 8 heteroatoms. The van der Waals surface area contributed by atoms with E-state index in [2.05, 4.69) is 20.4 Å². The van der Waals surface area contributed by atoms with Crippen molar-refractivity contribution >= 4 is 5.91 Å². The van der Waals surface area contributed by atoms with Gasteiger partial charge in [0.2, 0.25) is 5.82 Å². The summed E-state index contributed by atoms with van der Waals surface area (Å²) in [5, 5.41) is 12.6. The van der Waals surface area contributed by atoms with Gasteiger partial charge in [-0.1, -0.05) is 6.07 Å². The number of benzene rings is 1. The number of carbonyl (C=O) groups is 1. The average molecular weight is 364 g/mol. The fraction of sp³-hybridized carbons (Fsp3) is 0.316. The minimum atomic E-state index is 0.0187. The van der Waals surface area contributed by atoms with Gasteiger partial charge in [-0.2, -0.15) is 4.80 Å². The molecule has 1 saturated heterocycles. The van der Waals surface area contributed by atoms with Crippen LogP contribution in [0.1, 0.15) is 23.2 Å². The number of hydrogen-bond donors (Lipinski definition) is 0. The molecule has 3 aromatic rings. The van der Waals surface area contributed by atoms with Crippen molar-refractivity contribution in [3.8, 4) is 17.3 Å². The minimum Gasteiger partial charge on any atom is -0.497 e. The van der Waals surface area contributed by atoms with Crippen LogP contribution < -0.4 is 4.74 Å². The third-order valence-electron chi connectivity index (χ3n) is 4.70. The van der Waals surface area contributed by atoms with Crippen LogP contribution in [-0.2, 0) is 6.54 Å². The van der Waals surface area contributed by atoms with Crippen LogP contribution in [0.2, 0.25) is 0 Å². The number of carbonyl (C=O) groups excluding carboxylic acids is 1. The number of nitrogens with zero attached hydrogens (tertiary/aromatic N) is 6. The summed E-state index contributed by atoms with van der Waals surface area (Å²) in [7, 11) is 1.61. The lowest BCUT2D eigenvalue weighted by Gasteiger charge is -2.24. The molecule has 0 aliphatic carbocycles. The zero-order chi connectivity index (χ0) is 18.6. The first-order chi connectivity index (χ1) is 13.2. The zero-order valence-electron chi connectivity index (χ0n) is 15.0. The molecule has 0 N–H and O–H groups in total. The first kappa shape index (κ1) is 17.1. The van der Waals surface area contributed by atoms with Gasteiger partial charge in [0.05, 0.1) is 19.7 Å². The normalized spacial score (nSPS) is 16.5. The average Bonchev–Trinajstić information content (AvgIpc) is 3.38. The number of tetrazole rings is 1. The minimum absolute atomic E-state index is 0.0187. The van der Waals surface area contributed by atoms with Crippen molar-refractivity contribution in [1.82, 2.24) is 30.1 Å². The first-order valence-electron chi connectivity index (χ1n) is 8.89. The van der Waals surface area contributed by atoms with Gasteiger partial charge in [0.1, 0.15) is 11.4 Å². The molecule has 4 rings (SSSR count). The van der Waals surface area contributed by atoms with E-state index < -0.39 is 0 Å². The summed E-state index contributed by atoms with van der Waals surface area (Å²) in [6, 6.07) is 12.8. The quantitative estimate of drug-likeness (QED) is 0.689. The highest BCUT2D eigenvalue weighted by Gasteiger charge is 2.30. The number of hydrogen-bond acceptors (Lipinski definition) is 6. The Bertz CT molecular complexity index is 909. The predicted octanol–water partition coefficient (Wildman–Crippen LogP) is 2.05. The summed E-state index contributed by atoms with van der Waals surface area (Å²) in [6.45, 7) is 1.25. The van der Waals surface area contributed by atoms with E-state index in [1.54, 1.807) is 42.4 Å². The number of amides is 1. The summed E-state index contributed by atoms with van der Waals surface area (Å²) in [5.74, 6) is 1.24. The molecule has 1 aromatic carbocycles. The Balaban J connectivity index is 1.47. The summed E-state index contributed by atoms with van der Waals surface area (Å²) in [4.78, 5) is 20.6. The molecule has 1 amide bonds. The summed E-state index contributed by atoms with van der Waals surface area (Å²) >= 11 is 0. The second-order valence-corrected chi connectivity index (χ2v) is 6.41. The molecule has 1 aliphatic rings. The highest BCUT2D eigenvalue weighted by molar-refractivity contribution is 5.94. The van der Waals surface area contributed by atoms with E-state index in [1.807, 2.05) is 23.1 Å². The number of methoxy groups -OCH3 is 1. The van der Waals surface area contributed by atoms with E-state index >= 15 is 0 Å². The van der Waals surface area contributed by atoms with E-state index in [0.29, 0.717) is 23.6 Å². The van der Waals surface area contributed by atoms with Gasteiger partial charge in [0.15, 0.2) is 0 Å². The van der Waals surface area contributed by atoms with E-state index in [4.69, 9.17) is 4.74 Å². The monoisotopic (exact) mass is 364 g/mol. The fourth-order valence-corrected chi connectivity index (χ4v) is 3.30. The molecule has 0 saturated carbocycles. The van der Waals surface area contributed by atoms with E-state index in [9.17, 15) is 4.79 Å². The Kier molecular flexibility index (Phi) is 4.78. The van der Waals surface area contributed by atoms with Crippen molar-refractivity contribution in [2.75, 3.05) is 13.7 Å². The molecule has 0 spiro atoms. The van der Waals surface area contributed by atoms with Crippen LogP contribution in [0, 0.1) is 0 Å². The Morgan fingerprint density at radius 2 is 2.07 bits per heavy atom. The lowest BCUT2D eigenvalue weighted by molar-refractivity contribution is 0.0718.